The molecule has 0 aliphatic rings. The Labute approximate surface area is 127 Å². The maximum absolute atomic E-state index is 12.4. The van der Waals surface area contributed by atoms with Crippen molar-refractivity contribution in [3.05, 3.63) is 29.8 Å². The smallest absolute Gasteiger partial charge is 0.338 e. The number of nitrogens with zero attached hydrogens (tertiary/aromatic N) is 1. The third kappa shape index (κ3) is 4.54. The van der Waals surface area contributed by atoms with Crippen LogP contribution in [-0.2, 0) is 14.8 Å². The molecule has 0 N–H and O–H groups in total. The van der Waals surface area contributed by atoms with Crippen molar-refractivity contribution in [2.75, 3.05) is 13.1 Å². The zero-order valence-corrected chi connectivity index (χ0v) is 14.0. The van der Waals surface area contributed by atoms with Gasteiger partial charge in [0.2, 0.25) is 10.0 Å². The molecule has 0 saturated heterocycles. The lowest BCUT2D eigenvalue weighted by molar-refractivity contribution is 0.00692. The largest absolute Gasteiger partial charge is 0.456 e. The van der Waals surface area contributed by atoms with E-state index in [1.54, 1.807) is 46.8 Å². The maximum Gasteiger partial charge on any atom is 0.338 e. The zero-order valence-electron chi connectivity index (χ0n) is 13.2. The van der Waals surface area contributed by atoms with E-state index in [4.69, 9.17) is 4.74 Å². The van der Waals surface area contributed by atoms with Crippen LogP contribution in [0.2, 0.25) is 0 Å². The van der Waals surface area contributed by atoms with Crippen molar-refractivity contribution < 1.29 is 17.9 Å². The minimum atomic E-state index is -3.58. The zero-order chi connectivity index (χ0) is 16.3. The Morgan fingerprint density at radius 3 is 2.24 bits per heavy atom. The van der Waals surface area contributed by atoms with Gasteiger partial charge in [0, 0.05) is 13.1 Å². The first-order valence-corrected chi connectivity index (χ1v) is 8.39. The molecular formula is C15H23NO4S. The van der Waals surface area contributed by atoms with E-state index in [2.05, 4.69) is 0 Å². The summed E-state index contributed by atoms with van der Waals surface area (Å²) in [6.45, 7) is 9.62. The van der Waals surface area contributed by atoms with Crippen molar-refractivity contribution in [1.29, 1.82) is 0 Å². The number of benzene rings is 1. The molecule has 0 amide bonds. The van der Waals surface area contributed by atoms with Crippen molar-refractivity contribution >= 4 is 16.0 Å². The van der Waals surface area contributed by atoms with Crippen LogP contribution in [0.4, 0.5) is 0 Å². The number of carbonyl (C=O) groups is 1. The number of rotatable bonds is 5. The fourth-order valence-corrected chi connectivity index (χ4v) is 3.34. The van der Waals surface area contributed by atoms with E-state index < -0.39 is 21.6 Å². The van der Waals surface area contributed by atoms with Gasteiger partial charge in [-0.25, -0.2) is 13.2 Å². The van der Waals surface area contributed by atoms with Crippen molar-refractivity contribution in [2.24, 2.45) is 0 Å². The number of carbonyl (C=O) groups excluding carboxylic acids is 1. The number of sulfonamides is 1. The van der Waals surface area contributed by atoms with E-state index in [9.17, 15) is 13.2 Å². The van der Waals surface area contributed by atoms with Crippen molar-refractivity contribution in [1.82, 2.24) is 4.31 Å². The molecule has 0 bridgehead atoms. The number of ether oxygens (including phenoxy) is 1. The highest BCUT2D eigenvalue weighted by Crippen LogP contribution is 2.19. The molecule has 5 nitrogen and oxygen atoms in total. The van der Waals surface area contributed by atoms with Gasteiger partial charge in [-0.05, 0) is 39.0 Å². The SMILES string of the molecule is CCN(CC)S(=O)(=O)c1cccc(C(=O)OC(C)(C)C)c1. The van der Waals surface area contributed by atoms with Gasteiger partial charge < -0.3 is 4.74 Å². The standard InChI is InChI=1S/C15H23NO4S/c1-6-16(7-2)21(18,19)13-10-8-9-12(11-13)14(17)20-15(3,4)5/h8-11H,6-7H2,1-5H3. The molecule has 0 aliphatic carbocycles. The fourth-order valence-electron chi connectivity index (χ4n) is 1.83. The van der Waals surface area contributed by atoms with Gasteiger partial charge in [-0.1, -0.05) is 19.9 Å². The van der Waals surface area contributed by atoms with Crippen molar-refractivity contribution in [3.63, 3.8) is 0 Å². The fraction of sp³-hybridized carbons (Fsp3) is 0.533. The van der Waals surface area contributed by atoms with Crippen LogP contribution in [0.15, 0.2) is 29.2 Å². The predicted octanol–water partition coefficient (Wildman–Crippen LogP) is 2.67. The van der Waals surface area contributed by atoms with Gasteiger partial charge in [-0.15, -0.1) is 0 Å². The van der Waals surface area contributed by atoms with Crippen molar-refractivity contribution in [2.45, 2.75) is 45.1 Å². The summed E-state index contributed by atoms with van der Waals surface area (Å²) in [6, 6.07) is 5.95. The quantitative estimate of drug-likeness (QED) is 0.784. The Balaban J connectivity index is 3.14. The van der Waals surface area contributed by atoms with Crippen LogP contribution in [0, 0.1) is 0 Å². The second-order valence-corrected chi connectivity index (χ2v) is 7.56. The van der Waals surface area contributed by atoms with Crippen LogP contribution >= 0.6 is 0 Å². The van der Waals surface area contributed by atoms with Crippen LogP contribution < -0.4 is 0 Å². The Bertz CT molecular complexity index is 598. The lowest BCUT2D eigenvalue weighted by atomic mass is 10.2. The van der Waals surface area contributed by atoms with Crippen LogP contribution in [0.3, 0.4) is 0 Å². The number of hydrogen-bond donors (Lipinski definition) is 0. The predicted molar refractivity (Wildman–Crippen MR) is 81.7 cm³/mol. The first kappa shape index (κ1) is 17.7. The third-order valence-electron chi connectivity index (χ3n) is 2.81. The molecule has 0 spiro atoms. The Kier molecular flexibility index (Phi) is 5.53. The second kappa shape index (κ2) is 6.58. The molecule has 0 unspecified atom stereocenters. The first-order valence-electron chi connectivity index (χ1n) is 6.95. The molecule has 0 aromatic heterocycles. The molecule has 0 heterocycles. The van der Waals surface area contributed by atoms with Gasteiger partial charge >= 0.3 is 5.97 Å². The Morgan fingerprint density at radius 2 is 1.76 bits per heavy atom. The monoisotopic (exact) mass is 313 g/mol. The molecule has 0 atom stereocenters. The summed E-state index contributed by atoms with van der Waals surface area (Å²) in [5.41, 5.74) is -0.386. The van der Waals surface area contributed by atoms with Gasteiger partial charge in [0.05, 0.1) is 10.5 Å². The lowest BCUT2D eigenvalue weighted by Crippen LogP contribution is -2.30. The molecule has 0 aliphatic heterocycles. The summed E-state index contributed by atoms with van der Waals surface area (Å²) >= 11 is 0. The van der Waals surface area contributed by atoms with Gasteiger partial charge in [0.25, 0.3) is 0 Å². The summed E-state index contributed by atoms with van der Waals surface area (Å²) in [4.78, 5) is 12.1. The van der Waals surface area contributed by atoms with E-state index in [0.29, 0.717) is 13.1 Å². The average Bonchev–Trinajstić information content (AvgIpc) is 2.38. The molecule has 1 aromatic rings. The summed E-state index contributed by atoms with van der Waals surface area (Å²) in [6.07, 6.45) is 0. The van der Waals surface area contributed by atoms with E-state index in [0.717, 1.165) is 0 Å². The van der Waals surface area contributed by atoms with Gasteiger partial charge in [-0.3, -0.25) is 0 Å². The van der Waals surface area contributed by atoms with Gasteiger partial charge in [0.15, 0.2) is 0 Å². The molecular weight excluding hydrogens is 290 g/mol. The minimum Gasteiger partial charge on any atom is -0.456 e. The normalized spacial score (nSPS) is 12.5. The maximum atomic E-state index is 12.4. The Morgan fingerprint density at radius 1 is 1.19 bits per heavy atom. The molecule has 1 aromatic carbocycles. The molecule has 0 fully saturated rings. The van der Waals surface area contributed by atoms with E-state index in [-0.39, 0.29) is 10.5 Å². The van der Waals surface area contributed by atoms with Gasteiger partial charge in [0.1, 0.15) is 5.60 Å². The number of hydrogen-bond acceptors (Lipinski definition) is 4. The molecule has 6 heteroatoms. The summed E-state index contributed by atoms with van der Waals surface area (Å²) in [7, 11) is -3.58. The first-order chi connectivity index (χ1) is 9.61. The topological polar surface area (TPSA) is 63.7 Å². The molecule has 0 saturated carbocycles. The third-order valence-corrected chi connectivity index (χ3v) is 4.86. The molecule has 118 valence electrons. The van der Waals surface area contributed by atoms with Crippen molar-refractivity contribution in [3.8, 4) is 0 Å². The van der Waals surface area contributed by atoms with Crippen LogP contribution in [0.5, 0.6) is 0 Å². The molecule has 1 rings (SSSR count). The molecule has 21 heavy (non-hydrogen) atoms. The lowest BCUT2D eigenvalue weighted by Gasteiger charge is -2.21. The van der Waals surface area contributed by atoms with Crippen LogP contribution in [0.25, 0.3) is 0 Å². The average molecular weight is 313 g/mol. The molecule has 0 radical (unpaired) electrons. The van der Waals surface area contributed by atoms with Gasteiger partial charge in [-0.2, -0.15) is 4.31 Å². The summed E-state index contributed by atoms with van der Waals surface area (Å²) in [5, 5.41) is 0. The minimum absolute atomic E-state index is 0.106. The number of esters is 1. The van der Waals surface area contributed by atoms with Crippen LogP contribution in [0.1, 0.15) is 45.0 Å². The summed E-state index contributed by atoms with van der Waals surface area (Å²) < 4.78 is 31.5. The second-order valence-electron chi connectivity index (χ2n) is 5.62. The van der Waals surface area contributed by atoms with E-state index in [1.807, 2.05) is 0 Å². The highest BCUT2D eigenvalue weighted by Gasteiger charge is 2.24. The van der Waals surface area contributed by atoms with E-state index in [1.165, 1.54) is 16.4 Å². The Hall–Kier alpha value is -1.40. The van der Waals surface area contributed by atoms with Crippen LogP contribution in [-0.4, -0.2) is 37.4 Å². The highest BCUT2D eigenvalue weighted by atomic mass is 32.2. The van der Waals surface area contributed by atoms with E-state index >= 15 is 0 Å². The summed E-state index contributed by atoms with van der Waals surface area (Å²) in [5.74, 6) is -0.529. The highest BCUT2D eigenvalue weighted by molar-refractivity contribution is 7.89.